The summed E-state index contributed by atoms with van der Waals surface area (Å²) in [5.41, 5.74) is 1.42. The predicted octanol–water partition coefficient (Wildman–Crippen LogP) is 6.33. The lowest BCUT2D eigenvalue weighted by molar-refractivity contribution is -0.113. The van der Waals surface area contributed by atoms with Gasteiger partial charge in [0.2, 0.25) is 0 Å². The van der Waals surface area contributed by atoms with Gasteiger partial charge in [0.15, 0.2) is 5.04 Å². The molecule has 166 valence electrons. The lowest BCUT2D eigenvalue weighted by Crippen LogP contribution is -2.34. The fraction of sp³-hybridized carbons (Fsp3) is 0.292. The van der Waals surface area contributed by atoms with E-state index in [1.54, 1.807) is 37.3 Å². The second-order valence-corrected chi connectivity index (χ2v) is 8.72. The molecule has 0 aliphatic carbocycles. The van der Waals surface area contributed by atoms with Gasteiger partial charge in [0, 0.05) is 16.3 Å². The summed E-state index contributed by atoms with van der Waals surface area (Å²) in [6.45, 7) is 11.6. The van der Waals surface area contributed by atoms with E-state index in [1.807, 2.05) is 6.92 Å². The molecule has 5 nitrogen and oxygen atoms in total. The quantitative estimate of drug-likeness (QED) is 0.501. The van der Waals surface area contributed by atoms with Crippen molar-refractivity contribution >= 4 is 40.0 Å². The van der Waals surface area contributed by atoms with Crippen LogP contribution in [0.4, 0.5) is 10.1 Å². The molecule has 8 heteroatoms. The van der Waals surface area contributed by atoms with Gasteiger partial charge in [-0.15, -0.1) is 11.8 Å². The molecule has 0 spiro atoms. The van der Waals surface area contributed by atoms with Gasteiger partial charge < -0.3 is 14.9 Å². The molecular formula is C24H23ClFN3O2S. The van der Waals surface area contributed by atoms with Crippen LogP contribution in [0.1, 0.15) is 31.7 Å². The number of nitrogens with one attached hydrogen (secondary N) is 1. The van der Waals surface area contributed by atoms with E-state index in [2.05, 4.69) is 15.2 Å². The molecule has 32 heavy (non-hydrogen) atoms. The van der Waals surface area contributed by atoms with Gasteiger partial charge in [0.1, 0.15) is 17.5 Å². The summed E-state index contributed by atoms with van der Waals surface area (Å²) in [7, 11) is 1.51. The van der Waals surface area contributed by atoms with E-state index in [-0.39, 0.29) is 16.2 Å². The minimum Gasteiger partial charge on any atom is -0.495 e. The molecule has 1 N–H and O–H groups in total. The number of benzene rings is 2. The zero-order valence-electron chi connectivity index (χ0n) is 18.0. The van der Waals surface area contributed by atoms with Gasteiger partial charge >= 0.3 is 0 Å². The van der Waals surface area contributed by atoms with Crippen LogP contribution >= 0.6 is 23.4 Å². The molecular weight excluding hydrogens is 449 g/mol. The first-order valence-corrected chi connectivity index (χ1v) is 11.5. The maximum absolute atomic E-state index is 15.0. The van der Waals surface area contributed by atoms with Gasteiger partial charge in [-0.05, 0) is 43.4 Å². The number of ether oxygens (including phenoxy) is 1. The molecule has 0 saturated heterocycles. The molecule has 0 saturated carbocycles. The third kappa shape index (κ3) is 4.98. The SMILES string of the molecule is [C-]#[N+]C1C(SCCC)=NC(C)=C(C(=O)Nc2ccccc2OC)C1c1ccc(Cl)cc1F. The zero-order valence-corrected chi connectivity index (χ0v) is 19.6. The van der Waals surface area contributed by atoms with Gasteiger partial charge in [-0.2, -0.15) is 0 Å². The van der Waals surface area contributed by atoms with Crippen molar-refractivity contribution < 1.29 is 13.9 Å². The second kappa shape index (κ2) is 10.7. The molecule has 0 fully saturated rings. The summed E-state index contributed by atoms with van der Waals surface area (Å²) in [5.74, 6) is -0.571. The summed E-state index contributed by atoms with van der Waals surface area (Å²) in [4.78, 5) is 21.8. The Hall–Kier alpha value is -2.82. The molecule has 1 heterocycles. The van der Waals surface area contributed by atoms with Crippen molar-refractivity contribution in [1.29, 1.82) is 0 Å². The number of nitrogens with zero attached hydrogens (tertiary/aromatic N) is 2. The Labute approximate surface area is 196 Å². The number of allylic oxidation sites excluding steroid dienone is 1. The highest BCUT2D eigenvalue weighted by atomic mass is 35.5. The van der Waals surface area contributed by atoms with Crippen LogP contribution < -0.4 is 10.1 Å². The summed E-state index contributed by atoms with van der Waals surface area (Å²) in [6.07, 6.45) is 0.901. The van der Waals surface area contributed by atoms with Crippen LogP contribution in [-0.2, 0) is 4.79 Å². The summed E-state index contributed by atoms with van der Waals surface area (Å²) < 4.78 is 20.3. The zero-order chi connectivity index (χ0) is 23.3. The van der Waals surface area contributed by atoms with Gasteiger partial charge in [-0.25, -0.2) is 16.0 Å². The minimum absolute atomic E-state index is 0.240. The Morgan fingerprint density at radius 3 is 2.75 bits per heavy atom. The van der Waals surface area contributed by atoms with Crippen molar-refractivity contribution in [2.24, 2.45) is 4.99 Å². The fourth-order valence-corrected chi connectivity index (χ4v) is 4.73. The van der Waals surface area contributed by atoms with Crippen molar-refractivity contribution in [3.63, 3.8) is 0 Å². The molecule has 1 aliphatic heterocycles. The predicted molar refractivity (Wildman–Crippen MR) is 129 cm³/mol. The number of halogens is 2. The normalized spacial score (nSPS) is 18.1. The third-order valence-electron chi connectivity index (χ3n) is 5.04. The molecule has 3 rings (SSSR count). The number of rotatable bonds is 6. The van der Waals surface area contributed by atoms with Crippen molar-refractivity contribution in [3.8, 4) is 5.75 Å². The van der Waals surface area contributed by atoms with Crippen LogP contribution in [0.5, 0.6) is 5.75 Å². The van der Waals surface area contributed by atoms with Crippen molar-refractivity contribution in [1.82, 2.24) is 0 Å². The summed E-state index contributed by atoms with van der Waals surface area (Å²) in [6, 6.07) is 10.5. The smallest absolute Gasteiger partial charge is 0.282 e. The average Bonchev–Trinajstić information content (AvgIpc) is 2.77. The first kappa shape index (κ1) is 23.8. The molecule has 0 bridgehead atoms. The molecule has 1 amide bonds. The minimum atomic E-state index is -0.823. The van der Waals surface area contributed by atoms with Crippen LogP contribution in [0.2, 0.25) is 5.02 Å². The Kier molecular flexibility index (Phi) is 7.94. The number of carbonyl (C=O) groups is 1. The fourth-order valence-electron chi connectivity index (χ4n) is 3.59. The van der Waals surface area contributed by atoms with Gasteiger partial charge in [-0.1, -0.05) is 36.7 Å². The maximum Gasteiger partial charge on any atom is 0.282 e. The van der Waals surface area contributed by atoms with Crippen molar-refractivity contribution in [3.05, 3.63) is 81.6 Å². The van der Waals surface area contributed by atoms with Crippen LogP contribution in [-0.4, -0.2) is 29.9 Å². The second-order valence-electron chi connectivity index (χ2n) is 7.17. The van der Waals surface area contributed by atoms with Crippen LogP contribution in [0.15, 0.2) is 58.7 Å². The third-order valence-corrected chi connectivity index (χ3v) is 6.51. The number of aliphatic imine (C=N–C) groups is 1. The Morgan fingerprint density at radius 2 is 2.09 bits per heavy atom. The number of methoxy groups -OCH3 is 1. The highest BCUT2D eigenvalue weighted by molar-refractivity contribution is 8.14. The number of anilines is 1. The van der Waals surface area contributed by atoms with E-state index in [9.17, 15) is 4.79 Å². The Balaban J connectivity index is 2.12. The molecule has 0 radical (unpaired) electrons. The summed E-state index contributed by atoms with van der Waals surface area (Å²) in [5, 5.41) is 3.68. The van der Waals surface area contributed by atoms with E-state index < -0.39 is 23.7 Å². The molecule has 2 aromatic rings. The molecule has 2 unspecified atom stereocenters. The standard InChI is InChI=1S/C24H23ClFN3O2S/c1-5-12-32-24-22(27-3)21(16-11-10-15(25)13-17(16)26)20(14(2)28-24)23(30)29-18-8-6-7-9-19(18)31-4/h6-11,13,21-22H,5,12H2,1-2,4H3,(H,29,30). The average molecular weight is 472 g/mol. The first-order chi connectivity index (χ1) is 15.4. The molecule has 2 atom stereocenters. The number of thioether (sulfide) groups is 1. The van der Waals surface area contributed by atoms with E-state index >= 15 is 4.39 Å². The highest BCUT2D eigenvalue weighted by Crippen LogP contribution is 2.41. The lowest BCUT2D eigenvalue weighted by Gasteiger charge is -2.27. The Morgan fingerprint density at radius 1 is 1.34 bits per heavy atom. The van der Waals surface area contributed by atoms with E-state index in [0.29, 0.717) is 22.2 Å². The van der Waals surface area contributed by atoms with E-state index in [4.69, 9.17) is 22.9 Å². The number of para-hydroxylation sites is 2. The number of carbonyl (C=O) groups excluding carboxylic acids is 1. The van der Waals surface area contributed by atoms with Gasteiger partial charge in [-0.3, -0.25) is 4.79 Å². The summed E-state index contributed by atoms with van der Waals surface area (Å²) >= 11 is 7.43. The van der Waals surface area contributed by atoms with Crippen LogP contribution in [0, 0.1) is 12.4 Å². The largest absolute Gasteiger partial charge is 0.495 e. The number of amides is 1. The van der Waals surface area contributed by atoms with Crippen LogP contribution in [0.25, 0.3) is 4.85 Å². The van der Waals surface area contributed by atoms with Crippen LogP contribution in [0.3, 0.4) is 0 Å². The number of hydrogen-bond donors (Lipinski definition) is 1. The molecule has 0 aromatic heterocycles. The topological polar surface area (TPSA) is 55.0 Å². The number of hydrogen-bond acceptors (Lipinski definition) is 4. The first-order valence-electron chi connectivity index (χ1n) is 10.1. The van der Waals surface area contributed by atoms with Crippen molar-refractivity contribution in [2.45, 2.75) is 32.2 Å². The van der Waals surface area contributed by atoms with Gasteiger partial charge in [0.05, 0.1) is 18.4 Å². The molecule has 2 aromatic carbocycles. The maximum atomic E-state index is 15.0. The monoisotopic (exact) mass is 471 g/mol. The molecule has 1 aliphatic rings. The van der Waals surface area contributed by atoms with Crippen molar-refractivity contribution in [2.75, 3.05) is 18.2 Å². The highest BCUT2D eigenvalue weighted by Gasteiger charge is 2.44. The van der Waals surface area contributed by atoms with E-state index in [0.717, 1.165) is 12.2 Å². The lowest BCUT2D eigenvalue weighted by atomic mass is 9.82. The van der Waals surface area contributed by atoms with Gasteiger partial charge in [0.25, 0.3) is 11.9 Å². The Bertz CT molecular complexity index is 1130. The van der Waals surface area contributed by atoms with E-state index in [1.165, 1.54) is 31.0 Å².